The van der Waals surface area contributed by atoms with Gasteiger partial charge in [-0.25, -0.2) is 4.98 Å². The summed E-state index contributed by atoms with van der Waals surface area (Å²) in [7, 11) is 0. The molecule has 1 aliphatic rings. The fourth-order valence-electron chi connectivity index (χ4n) is 3.22. The number of nitro groups is 1. The van der Waals surface area contributed by atoms with Crippen molar-refractivity contribution >= 4 is 28.1 Å². The maximum atomic E-state index is 12.6. The van der Waals surface area contributed by atoms with Crippen molar-refractivity contribution in [3.8, 4) is 0 Å². The Bertz CT molecular complexity index is 1050. The van der Waals surface area contributed by atoms with E-state index in [0.717, 1.165) is 30.0 Å². The van der Waals surface area contributed by atoms with Crippen molar-refractivity contribution in [3.05, 3.63) is 85.9 Å². The lowest BCUT2D eigenvalue weighted by molar-refractivity contribution is -0.384. The summed E-state index contributed by atoms with van der Waals surface area (Å²) in [6.45, 7) is 1.76. The van der Waals surface area contributed by atoms with Gasteiger partial charge in [-0.05, 0) is 41.8 Å². The summed E-state index contributed by atoms with van der Waals surface area (Å²) in [5.74, 6) is -0.183. The van der Waals surface area contributed by atoms with Crippen molar-refractivity contribution in [1.29, 1.82) is 0 Å². The number of anilines is 1. The number of nitro benzene ring substituents is 1. The molecule has 1 aromatic heterocycles. The number of hydrogen-bond donors (Lipinski definition) is 2. The van der Waals surface area contributed by atoms with Crippen LogP contribution >= 0.6 is 11.3 Å². The first kappa shape index (κ1) is 18.3. The highest BCUT2D eigenvalue weighted by Crippen LogP contribution is 2.24. The molecule has 3 aromatic rings. The predicted octanol–water partition coefficient (Wildman–Crippen LogP) is 3.54. The van der Waals surface area contributed by atoms with Crippen LogP contribution in [0.25, 0.3) is 0 Å². The van der Waals surface area contributed by atoms with E-state index in [4.69, 9.17) is 0 Å². The van der Waals surface area contributed by atoms with Gasteiger partial charge in [-0.2, -0.15) is 0 Å². The minimum absolute atomic E-state index is 0.0677. The molecule has 0 spiro atoms. The van der Waals surface area contributed by atoms with E-state index in [1.807, 2.05) is 24.3 Å². The molecule has 1 amide bonds. The van der Waals surface area contributed by atoms with Gasteiger partial charge in [0.2, 0.25) is 0 Å². The lowest BCUT2D eigenvalue weighted by Gasteiger charge is -2.17. The minimum atomic E-state index is -0.406. The molecule has 0 bridgehead atoms. The second kappa shape index (κ2) is 7.87. The normalized spacial score (nSPS) is 13.0. The summed E-state index contributed by atoms with van der Waals surface area (Å²) in [6.07, 6.45) is 3.14. The third kappa shape index (κ3) is 4.08. The average molecular weight is 394 g/mol. The van der Waals surface area contributed by atoms with Crippen LogP contribution in [0.3, 0.4) is 0 Å². The molecule has 0 saturated heterocycles. The molecule has 28 heavy (non-hydrogen) atoms. The van der Waals surface area contributed by atoms with Crippen molar-refractivity contribution in [3.63, 3.8) is 0 Å². The van der Waals surface area contributed by atoms with E-state index in [2.05, 4.69) is 15.6 Å². The van der Waals surface area contributed by atoms with Gasteiger partial charge in [0.25, 0.3) is 11.6 Å². The third-order valence-corrected chi connectivity index (χ3v) is 5.54. The zero-order chi connectivity index (χ0) is 19.5. The standard InChI is InChI=1S/C20H18N4O3S/c25-19(15-4-5-16-11-21-7-6-14(16)10-15)23-20-22-12-18(28-20)9-13-2-1-3-17(8-13)24(26)27/h1-5,8,10,12,21H,6-7,9,11H2,(H,22,23,25). The van der Waals surface area contributed by atoms with E-state index in [-0.39, 0.29) is 11.6 Å². The number of carbonyl (C=O) groups is 1. The number of nitrogens with zero attached hydrogens (tertiary/aromatic N) is 2. The Kier molecular flexibility index (Phi) is 5.14. The fourth-order valence-corrected chi connectivity index (χ4v) is 4.06. The summed E-state index contributed by atoms with van der Waals surface area (Å²) in [4.78, 5) is 28.2. The quantitative estimate of drug-likeness (QED) is 0.510. The molecule has 4 rings (SSSR count). The van der Waals surface area contributed by atoms with Crippen molar-refractivity contribution in [2.75, 3.05) is 11.9 Å². The third-order valence-electron chi connectivity index (χ3n) is 4.63. The van der Waals surface area contributed by atoms with Crippen LogP contribution < -0.4 is 10.6 Å². The van der Waals surface area contributed by atoms with Gasteiger partial charge in [-0.3, -0.25) is 20.2 Å². The van der Waals surface area contributed by atoms with Gasteiger partial charge >= 0.3 is 0 Å². The molecule has 0 fully saturated rings. The zero-order valence-corrected chi connectivity index (χ0v) is 15.8. The lowest BCUT2D eigenvalue weighted by Crippen LogP contribution is -2.24. The van der Waals surface area contributed by atoms with Gasteiger partial charge in [0.1, 0.15) is 0 Å². The van der Waals surface area contributed by atoms with E-state index in [1.165, 1.54) is 28.5 Å². The Labute approximate surface area is 165 Å². The highest BCUT2D eigenvalue weighted by Gasteiger charge is 2.14. The van der Waals surface area contributed by atoms with Crippen LogP contribution in [0.15, 0.2) is 48.7 Å². The van der Waals surface area contributed by atoms with Crippen molar-refractivity contribution in [2.45, 2.75) is 19.4 Å². The summed E-state index contributed by atoms with van der Waals surface area (Å²) in [5, 5.41) is 17.6. The van der Waals surface area contributed by atoms with Gasteiger partial charge in [0.05, 0.1) is 4.92 Å². The Hall–Kier alpha value is -3.10. The number of fused-ring (bicyclic) bond motifs is 1. The van der Waals surface area contributed by atoms with Gasteiger partial charge in [0.15, 0.2) is 5.13 Å². The molecule has 7 nitrogen and oxygen atoms in total. The van der Waals surface area contributed by atoms with Crippen LogP contribution in [0.1, 0.15) is 31.9 Å². The van der Waals surface area contributed by atoms with Gasteiger partial charge in [-0.1, -0.05) is 18.2 Å². The molecule has 0 saturated carbocycles. The topological polar surface area (TPSA) is 97.2 Å². The molecule has 0 atom stereocenters. The van der Waals surface area contributed by atoms with Gasteiger partial charge in [0, 0.05) is 41.7 Å². The summed E-state index contributed by atoms with van der Waals surface area (Å²) in [6, 6.07) is 12.3. The summed E-state index contributed by atoms with van der Waals surface area (Å²) >= 11 is 1.37. The molecule has 0 aliphatic carbocycles. The van der Waals surface area contributed by atoms with Crippen LogP contribution in [0.5, 0.6) is 0 Å². The number of aromatic nitrogens is 1. The Balaban J connectivity index is 1.44. The number of hydrogen-bond acceptors (Lipinski definition) is 6. The average Bonchev–Trinajstić information content (AvgIpc) is 3.14. The summed E-state index contributed by atoms with van der Waals surface area (Å²) in [5.41, 5.74) is 3.96. The predicted molar refractivity (Wildman–Crippen MR) is 108 cm³/mol. The fraction of sp³-hybridized carbons (Fsp3) is 0.200. The van der Waals surface area contributed by atoms with E-state index in [1.54, 1.807) is 18.3 Å². The van der Waals surface area contributed by atoms with Crippen LogP contribution in [0, 0.1) is 10.1 Å². The molecular formula is C20H18N4O3S. The SMILES string of the molecule is O=C(Nc1ncc(Cc2cccc([N+](=O)[O-])c2)s1)c1ccc2c(c1)CCNC2. The molecule has 2 N–H and O–H groups in total. The minimum Gasteiger partial charge on any atom is -0.312 e. The highest BCUT2D eigenvalue weighted by atomic mass is 32.1. The Morgan fingerprint density at radius 1 is 1.25 bits per heavy atom. The Morgan fingerprint density at radius 3 is 3.00 bits per heavy atom. The largest absolute Gasteiger partial charge is 0.312 e. The number of rotatable bonds is 5. The number of thiazole rings is 1. The molecule has 1 aliphatic heterocycles. The smallest absolute Gasteiger partial charge is 0.269 e. The molecule has 2 aromatic carbocycles. The number of benzene rings is 2. The second-order valence-electron chi connectivity index (χ2n) is 6.60. The maximum absolute atomic E-state index is 12.6. The Morgan fingerprint density at radius 2 is 2.14 bits per heavy atom. The lowest BCUT2D eigenvalue weighted by atomic mass is 9.98. The van der Waals surface area contributed by atoms with Gasteiger partial charge < -0.3 is 5.32 Å². The van der Waals surface area contributed by atoms with Crippen LogP contribution in [0.4, 0.5) is 10.8 Å². The van der Waals surface area contributed by atoms with E-state index in [9.17, 15) is 14.9 Å². The van der Waals surface area contributed by atoms with Gasteiger partial charge in [-0.15, -0.1) is 11.3 Å². The van der Waals surface area contributed by atoms with Crippen molar-refractivity contribution in [2.24, 2.45) is 0 Å². The molecule has 142 valence electrons. The van der Waals surface area contributed by atoms with Crippen molar-refractivity contribution < 1.29 is 9.72 Å². The monoisotopic (exact) mass is 394 g/mol. The zero-order valence-electron chi connectivity index (χ0n) is 15.0. The molecule has 0 radical (unpaired) electrons. The first-order valence-electron chi connectivity index (χ1n) is 8.90. The first-order valence-corrected chi connectivity index (χ1v) is 9.72. The maximum Gasteiger partial charge on any atom is 0.269 e. The van der Waals surface area contributed by atoms with E-state index in [0.29, 0.717) is 17.1 Å². The number of nitrogens with one attached hydrogen (secondary N) is 2. The van der Waals surface area contributed by atoms with Crippen LogP contribution in [-0.2, 0) is 19.4 Å². The first-order chi connectivity index (χ1) is 13.6. The van der Waals surface area contributed by atoms with Crippen LogP contribution in [0.2, 0.25) is 0 Å². The van der Waals surface area contributed by atoms with Crippen LogP contribution in [-0.4, -0.2) is 22.4 Å². The molecular weight excluding hydrogens is 376 g/mol. The second-order valence-corrected chi connectivity index (χ2v) is 7.72. The van der Waals surface area contributed by atoms with E-state index >= 15 is 0 Å². The number of carbonyl (C=O) groups excluding carboxylic acids is 1. The molecule has 8 heteroatoms. The van der Waals surface area contributed by atoms with Crippen molar-refractivity contribution in [1.82, 2.24) is 10.3 Å². The molecule has 2 heterocycles. The number of non-ortho nitro benzene ring substituents is 1. The molecule has 0 unspecified atom stereocenters. The number of amides is 1. The summed E-state index contributed by atoms with van der Waals surface area (Å²) < 4.78 is 0. The highest BCUT2D eigenvalue weighted by molar-refractivity contribution is 7.15. The van der Waals surface area contributed by atoms with E-state index < -0.39 is 4.92 Å².